The molecule has 126 valence electrons. The van der Waals surface area contributed by atoms with Crippen LogP contribution in [0, 0.1) is 5.92 Å². The summed E-state index contributed by atoms with van der Waals surface area (Å²) in [5.74, 6) is 1.22. The molecule has 0 aliphatic carbocycles. The maximum Gasteiger partial charge on any atom is 0.137 e. The third kappa shape index (κ3) is 3.64. The van der Waals surface area contributed by atoms with Crippen LogP contribution >= 0.6 is 11.6 Å². The Morgan fingerprint density at radius 1 is 1.35 bits per heavy atom. The Balaban J connectivity index is 1.73. The van der Waals surface area contributed by atoms with Gasteiger partial charge in [-0.2, -0.15) is 5.10 Å². The van der Waals surface area contributed by atoms with Crippen LogP contribution in [-0.2, 0) is 0 Å². The quantitative estimate of drug-likeness (QED) is 0.857. The molecule has 0 spiro atoms. The van der Waals surface area contributed by atoms with E-state index in [0.717, 1.165) is 31.7 Å². The highest BCUT2D eigenvalue weighted by atomic mass is 35.5. The lowest BCUT2D eigenvalue weighted by Crippen LogP contribution is -2.42. The normalized spacial score (nSPS) is 24.0. The topological polar surface area (TPSA) is 36.9 Å². The lowest BCUT2D eigenvalue weighted by molar-refractivity contribution is 0.228. The molecule has 0 amide bonds. The number of halogens is 1. The first kappa shape index (κ1) is 16.6. The molecule has 0 bridgehead atoms. The zero-order valence-corrected chi connectivity index (χ0v) is 14.8. The van der Waals surface area contributed by atoms with Crippen molar-refractivity contribution in [3.8, 4) is 5.75 Å². The summed E-state index contributed by atoms with van der Waals surface area (Å²) < 4.78 is 5.67. The number of piperidine rings is 1. The van der Waals surface area contributed by atoms with Crippen LogP contribution in [0.1, 0.15) is 44.7 Å². The number of benzene rings is 1. The molecular weight excluding hydrogens is 310 g/mol. The Morgan fingerprint density at radius 3 is 2.96 bits per heavy atom. The molecule has 1 aromatic carbocycles. The van der Waals surface area contributed by atoms with E-state index in [1.54, 1.807) is 0 Å². The predicted molar refractivity (Wildman–Crippen MR) is 95.4 cm³/mol. The molecule has 2 aliphatic heterocycles. The van der Waals surface area contributed by atoms with E-state index in [9.17, 15) is 0 Å². The lowest BCUT2D eigenvalue weighted by atomic mass is 9.86. The predicted octanol–water partition coefficient (Wildman–Crippen LogP) is 3.86. The Hall–Kier alpha value is -1.26. The van der Waals surface area contributed by atoms with E-state index in [1.165, 1.54) is 24.2 Å². The lowest BCUT2D eigenvalue weighted by Gasteiger charge is -2.33. The molecule has 2 unspecified atom stereocenters. The smallest absolute Gasteiger partial charge is 0.137 e. The molecule has 1 aromatic rings. The molecule has 0 aromatic heterocycles. The van der Waals surface area contributed by atoms with Gasteiger partial charge in [-0.05, 0) is 37.1 Å². The number of nitrogens with one attached hydrogen (secondary N) is 1. The fourth-order valence-corrected chi connectivity index (χ4v) is 3.72. The number of rotatable bonds is 6. The Morgan fingerprint density at radius 2 is 2.22 bits per heavy atom. The molecule has 2 aliphatic rings. The van der Waals surface area contributed by atoms with E-state index in [-0.39, 0.29) is 6.04 Å². The first-order chi connectivity index (χ1) is 11.2. The Kier molecular flexibility index (Phi) is 5.44. The van der Waals surface area contributed by atoms with Crippen molar-refractivity contribution in [2.45, 2.75) is 39.2 Å². The summed E-state index contributed by atoms with van der Waals surface area (Å²) in [5.41, 5.74) is 5.83. The highest BCUT2D eigenvalue weighted by Crippen LogP contribution is 2.35. The number of ether oxygens (including phenoxy) is 1. The van der Waals surface area contributed by atoms with E-state index in [1.807, 2.05) is 12.1 Å². The second-order valence-corrected chi connectivity index (χ2v) is 6.81. The molecule has 0 radical (unpaired) electrons. The number of likely N-dealkylation sites (tertiary alicyclic amines) is 1. The zero-order chi connectivity index (χ0) is 16.2. The van der Waals surface area contributed by atoms with Crippen molar-refractivity contribution in [1.29, 1.82) is 0 Å². The summed E-state index contributed by atoms with van der Waals surface area (Å²) in [7, 11) is 0. The number of hydrazone groups is 1. The Labute approximate surface area is 143 Å². The van der Waals surface area contributed by atoms with Gasteiger partial charge >= 0.3 is 0 Å². The molecule has 4 nitrogen and oxygen atoms in total. The van der Waals surface area contributed by atoms with Gasteiger partial charge in [-0.15, -0.1) is 0 Å². The van der Waals surface area contributed by atoms with Gasteiger partial charge in [0.2, 0.25) is 0 Å². The third-order valence-corrected chi connectivity index (χ3v) is 4.93. The largest absolute Gasteiger partial charge is 0.492 e. The van der Waals surface area contributed by atoms with Gasteiger partial charge in [0, 0.05) is 31.1 Å². The first-order valence-corrected chi connectivity index (χ1v) is 9.07. The number of hydrogen-bond acceptors (Lipinski definition) is 4. The molecule has 1 fully saturated rings. The minimum atomic E-state index is 0.224. The standard InChI is InChI=1S/C18H26ClN3O/c1-3-8-22-9-7-16-14(12-22)18(21-20-16)13-5-6-17(15(19)11-13)23-10-4-2/h5-6,11,14,18,21H,3-4,7-10,12H2,1-2H3. The molecule has 2 atom stereocenters. The first-order valence-electron chi connectivity index (χ1n) is 8.69. The van der Waals surface area contributed by atoms with Crippen molar-refractivity contribution in [1.82, 2.24) is 10.3 Å². The highest BCUT2D eigenvalue weighted by molar-refractivity contribution is 6.32. The summed E-state index contributed by atoms with van der Waals surface area (Å²) in [6.07, 6.45) is 3.25. The summed E-state index contributed by atoms with van der Waals surface area (Å²) in [6.45, 7) is 8.40. The van der Waals surface area contributed by atoms with Gasteiger partial charge in [0.15, 0.2) is 0 Å². The van der Waals surface area contributed by atoms with Crippen LogP contribution in [0.3, 0.4) is 0 Å². The van der Waals surface area contributed by atoms with Crippen molar-refractivity contribution >= 4 is 17.3 Å². The minimum Gasteiger partial charge on any atom is -0.492 e. The SMILES string of the molecule is CCCOc1ccc(C2NN=C3CCN(CCC)CC32)cc1Cl. The van der Waals surface area contributed by atoms with Crippen molar-refractivity contribution in [2.24, 2.45) is 11.0 Å². The molecule has 3 rings (SSSR count). The minimum absolute atomic E-state index is 0.224. The van der Waals surface area contributed by atoms with Crippen molar-refractivity contribution in [3.63, 3.8) is 0 Å². The molecule has 23 heavy (non-hydrogen) atoms. The average Bonchev–Trinajstić information content (AvgIpc) is 2.97. The maximum absolute atomic E-state index is 6.40. The van der Waals surface area contributed by atoms with Crippen LogP contribution in [0.15, 0.2) is 23.3 Å². The highest BCUT2D eigenvalue weighted by Gasteiger charge is 2.36. The van der Waals surface area contributed by atoms with Crippen molar-refractivity contribution < 1.29 is 4.74 Å². The average molecular weight is 336 g/mol. The summed E-state index contributed by atoms with van der Waals surface area (Å²) in [5, 5.41) is 5.26. The van der Waals surface area contributed by atoms with E-state index in [2.05, 4.69) is 35.3 Å². The van der Waals surface area contributed by atoms with Crippen LogP contribution in [0.5, 0.6) is 5.75 Å². The van der Waals surface area contributed by atoms with Crippen LogP contribution < -0.4 is 10.2 Å². The van der Waals surface area contributed by atoms with E-state index in [0.29, 0.717) is 17.5 Å². The van der Waals surface area contributed by atoms with Crippen molar-refractivity contribution in [2.75, 3.05) is 26.2 Å². The van der Waals surface area contributed by atoms with Gasteiger partial charge in [0.05, 0.1) is 17.7 Å². The van der Waals surface area contributed by atoms with E-state index in [4.69, 9.17) is 16.3 Å². The van der Waals surface area contributed by atoms with Gasteiger partial charge in [0.25, 0.3) is 0 Å². The van der Waals surface area contributed by atoms with Gasteiger partial charge < -0.3 is 15.1 Å². The van der Waals surface area contributed by atoms with Crippen LogP contribution in [0.25, 0.3) is 0 Å². The van der Waals surface area contributed by atoms with E-state index >= 15 is 0 Å². The molecule has 5 heteroatoms. The second-order valence-electron chi connectivity index (χ2n) is 6.41. The van der Waals surface area contributed by atoms with Gasteiger partial charge in [0.1, 0.15) is 5.75 Å². The fourth-order valence-electron chi connectivity index (χ4n) is 3.48. The monoisotopic (exact) mass is 335 g/mol. The summed E-state index contributed by atoms with van der Waals surface area (Å²) in [4.78, 5) is 2.55. The number of hydrogen-bond donors (Lipinski definition) is 1. The molecule has 2 heterocycles. The van der Waals surface area contributed by atoms with Gasteiger partial charge in [-0.3, -0.25) is 0 Å². The fraction of sp³-hybridized carbons (Fsp3) is 0.611. The second kappa shape index (κ2) is 7.54. The van der Waals surface area contributed by atoms with E-state index < -0.39 is 0 Å². The maximum atomic E-state index is 6.40. The molecule has 0 saturated carbocycles. The van der Waals surface area contributed by atoms with Crippen LogP contribution in [-0.4, -0.2) is 36.9 Å². The van der Waals surface area contributed by atoms with Crippen LogP contribution in [0.4, 0.5) is 0 Å². The van der Waals surface area contributed by atoms with Crippen LogP contribution in [0.2, 0.25) is 5.02 Å². The zero-order valence-electron chi connectivity index (χ0n) is 14.0. The third-order valence-electron chi connectivity index (χ3n) is 4.63. The summed E-state index contributed by atoms with van der Waals surface area (Å²) >= 11 is 6.40. The Bertz CT molecular complexity index is 575. The molecule has 1 N–H and O–H groups in total. The summed E-state index contributed by atoms with van der Waals surface area (Å²) in [6, 6.07) is 6.36. The van der Waals surface area contributed by atoms with Gasteiger partial charge in [-0.1, -0.05) is 31.5 Å². The van der Waals surface area contributed by atoms with Crippen molar-refractivity contribution in [3.05, 3.63) is 28.8 Å². The molecular formula is C18H26ClN3O. The van der Waals surface area contributed by atoms with Gasteiger partial charge in [-0.25, -0.2) is 0 Å². The number of nitrogens with zero attached hydrogens (tertiary/aromatic N) is 2. The number of fused-ring (bicyclic) bond motifs is 1. The molecule has 1 saturated heterocycles.